The quantitative estimate of drug-likeness (QED) is 0.377. The minimum Gasteiger partial charge on any atom is -0.480 e. The summed E-state index contributed by atoms with van der Waals surface area (Å²) in [6.07, 6.45) is 4.63. The van der Waals surface area contributed by atoms with Crippen LogP contribution in [0.25, 0.3) is 0 Å². The van der Waals surface area contributed by atoms with Crippen molar-refractivity contribution < 1.29 is 24.9 Å². The van der Waals surface area contributed by atoms with Crippen LogP contribution >= 0.6 is 11.8 Å². The van der Waals surface area contributed by atoms with Gasteiger partial charge in [0.2, 0.25) is 5.91 Å². The minimum atomic E-state index is -1.08. The van der Waals surface area contributed by atoms with E-state index in [2.05, 4.69) is 12.2 Å². The van der Waals surface area contributed by atoms with Crippen LogP contribution in [0.2, 0.25) is 0 Å². The Kier molecular flexibility index (Phi) is 12.4. The summed E-state index contributed by atoms with van der Waals surface area (Å²) < 4.78 is 0. The number of hydrogen-bond donors (Lipinski definition) is 4. The first-order valence-corrected chi connectivity index (χ1v) is 8.55. The molecule has 0 aromatic carbocycles. The zero-order chi connectivity index (χ0) is 16.1. The van der Waals surface area contributed by atoms with Crippen molar-refractivity contribution in [3.05, 3.63) is 0 Å². The molecule has 2 unspecified atom stereocenters. The molecule has 0 saturated carbocycles. The predicted molar refractivity (Wildman–Crippen MR) is 83.4 cm³/mol. The Morgan fingerprint density at radius 3 is 2.38 bits per heavy atom. The second kappa shape index (κ2) is 12.9. The smallest absolute Gasteiger partial charge is 0.327 e. The molecule has 0 rings (SSSR count). The van der Waals surface area contributed by atoms with Gasteiger partial charge in [0, 0.05) is 17.9 Å². The van der Waals surface area contributed by atoms with E-state index in [1.165, 1.54) is 11.8 Å². The van der Waals surface area contributed by atoms with Gasteiger partial charge in [-0.3, -0.25) is 4.79 Å². The Morgan fingerprint density at radius 1 is 1.14 bits per heavy atom. The summed E-state index contributed by atoms with van der Waals surface area (Å²) in [5.41, 5.74) is 0. The van der Waals surface area contributed by atoms with Crippen molar-refractivity contribution in [2.45, 2.75) is 57.6 Å². The van der Waals surface area contributed by atoms with Crippen LogP contribution in [0.3, 0.4) is 0 Å². The summed E-state index contributed by atoms with van der Waals surface area (Å²) in [5, 5.41) is 29.4. The maximum Gasteiger partial charge on any atom is 0.327 e. The first-order valence-electron chi connectivity index (χ1n) is 7.40. The molecule has 0 aliphatic heterocycles. The van der Waals surface area contributed by atoms with Crippen LogP contribution in [0.4, 0.5) is 0 Å². The zero-order valence-electron chi connectivity index (χ0n) is 12.6. The van der Waals surface area contributed by atoms with E-state index in [1.54, 1.807) is 0 Å². The van der Waals surface area contributed by atoms with E-state index in [9.17, 15) is 14.7 Å². The lowest BCUT2D eigenvalue weighted by atomic mass is 10.1. The standard InChI is InChI=1S/C14H27NO5S/c1-2-3-4-5-6-7-13(18)15-12(14(19)20)10-21-9-11(17)8-16/h11-12,16-17H,2-10H2,1H3,(H,15,18)(H,19,20). The summed E-state index contributed by atoms with van der Waals surface area (Å²) in [4.78, 5) is 22.7. The second-order valence-electron chi connectivity index (χ2n) is 5.00. The van der Waals surface area contributed by atoms with Crippen LogP contribution in [-0.4, -0.2) is 57.5 Å². The van der Waals surface area contributed by atoms with E-state index in [0.29, 0.717) is 6.42 Å². The van der Waals surface area contributed by atoms with Crippen LogP contribution in [0.15, 0.2) is 0 Å². The Labute approximate surface area is 130 Å². The fourth-order valence-corrected chi connectivity index (χ4v) is 2.68. The van der Waals surface area contributed by atoms with Gasteiger partial charge in [-0.2, -0.15) is 11.8 Å². The Bertz CT molecular complexity index is 301. The van der Waals surface area contributed by atoms with Crippen molar-refractivity contribution >= 4 is 23.6 Å². The number of amides is 1. The number of aliphatic carboxylic acids is 1. The second-order valence-corrected chi connectivity index (χ2v) is 6.07. The average molecular weight is 321 g/mol. The molecular formula is C14H27NO5S. The summed E-state index contributed by atoms with van der Waals surface area (Å²) in [6, 6.07) is -0.955. The number of unbranched alkanes of at least 4 members (excludes halogenated alkanes) is 4. The SMILES string of the molecule is CCCCCCCC(=O)NC(CSCC(O)CO)C(=O)O. The molecule has 2 atom stereocenters. The number of carbonyl (C=O) groups is 2. The molecule has 7 heteroatoms. The van der Waals surface area contributed by atoms with E-state index >= 15 is 0 Å². The maximum absolute atomic E-state index is 11.7. The third kappa shape index (κ3) is 11.5. The molecule has 0 bridgehead atoms. The van der Waals surface area contributed by atoms with Crippen molar-refractivity contribution in [1.29, 1.82) is 0 Å². The third-order valence-electron chi connectivity index (χ3n) is 2.95. The molecule has 0 saturated heterocycles. The summed E-state index contributed by atoms with van der Waals surface area (Å²) in [6.45, 7) is 1.77. The first kappa shape index (κ1) is 20.2. The first-order chi connectivity index (χ1) is 10.0. The lowest BCUT2D eigenvalue weighted by Gasteiger charge is -2.15. The van der Waals surface area contributed by atoms with Crippen LogP contribution in [0, 0.1) is 0 Å². The van der Waals surface area contributed by atoms with E-state index < -0.39 is 18.1 Å². The zero-order valence-corrected chi connectivity index (χ0v) is 13.4. The monoisotopic (exact) mass is 321 g/mol. The molecule has 0 spiro atoms. The molecule has 124 valence electrons. The van der Waals surface area contributed by atoms with Crippen LogP contribution in [0.5, 0.6) is 0 Å². The van der Waals surface area contributed by atoms with Gasteiger partial charge in [-0.05, 0) is 6.42 Å². The van der Waals surface area contributed by atoms with Gasteiger partial charge in [0.05, 0.1) is 12.7 Å². The number of carbonyl (C=O) groups excluding carboxylic acids is 1. The van der Waals surface area contributed by atoms with Crippen molar-refractivity contribution in [3.63, 3.8) is 0 Å². The highest BCUT2D eigenvalue weighted by atomic mass is 32.2. The molecule has 1 amide bonds. The van der Waals surface area contributed by atoms with Gasteiger partial charge in [0.25, 0.3) is 0 Å². The minimum absolute atomic E-state index is 0.175. The number of aliphatic hydroxyl groups excluding tert-OH is 2. The Morgan fingerprint density at radius 2 is 1.81 bits per heavy atom. The average Bonchev–Trinajstić information content (AvgIpc) is 2.45. The largest absolute Gasteiger partial charge is 0.480 e. The number of carboxylic acid groups (broad SMARTS) is 1. The van der Waals surface area contributed by atoms with Crippen molar-refractivity contribution in [3.8, 4) is 0 Å². The van der Waals surface area contributed by atoms with Crippen molar-refractivity contribution in [2.75, 3.05) is 18.1 Å². The van der Waals surface area contributed by atoms with Crippen molar-refractivity contribution in [1.82, 2.24) is 5.32 Å². The highest BCUT2D eigenvalue weighted by Crippen LogP contribution is 2.08. The normalized spacial score (nSPS) is 13.7. The van der Waals surface area contributed by atoms with Gasteiger partial charge in [0.1, 0.15) is 6.04 Å². The lowest BCUT2D eigenvalue weighted by molar-refractivity contribution is -0.141. The molecule has 0 aliphatic rings. The van der Waals surface area contributed by atoms with Gasteiger partial charge >= 0.3 is 5.97 Å². The molecule has 0 radical (unpaired) electrons. The van der Waals surface area contributed by atoms with Gasteiger partial charge in [-0.25, -0.2) is 4.79 Å². The number of hydrogen-bond acceptors (Lipinski definition) is 5. The molecule has 6 nitrogen and oxygen atoms in total. The highest BCUT2D eigenvalue weighted by Gasteiger charge is 2.20. The lowest BCUT2D eigenvalue weighted by Crippen LogP contribution is -2.42. The molecule has 4 N–H and O–H groups in total. The Hall–Kier alpha value is -0.790. The molecule has 0 aliphatic carbocycles. The van der Waals surface area contributed by atoms with Gasteiger partial charge < -0.3 is 20.6 Å². The fourth-order valence-electron chi connectivity index (χ4n) is 1.70. The fraction of sp³-hybridized carbons (Fsp3) is 0.857. The van der Waals surface area contributed by atoms with E-state index in [1.807, 2.05) is 0 Å². The van der Waals surface area contributed by atoms with Crippen LogP contribution < -0.4 is 5.32 Å². The highest BCUT2D eigenvalue weighted by molar-refractivity contribution is 7.99. The maximum atomic E-state index is 11.7. The predicted octanol–water partition coefficient (Wildman–Crippen LogP) is 1.00. The van der Waals surface area contributed by atoms with Crippen LogP contribution in [0.1, 0.15) is 45.4 Å². The summed E-state index contributed by atoms with van der Waals surface area (Å²) >= 11 is 1.19. The number of rotatable bonds is 13. The van der Waals surface area contributed by atoms with Gasteiger partial charge in [-0.1, -0.05) is 32.6 Å². The van der Waals surface area contributed by atoms with Gasteiger partial charge in [-0.15, -0.1) is 0 Å². The summed E-state index contributed by atoms with van der Waals surface area (Å²) in [7, 11) is 0. The number of nitrogens with one attached hydrogen (secondary N) is 1. The molecule has 0 heterocycles. The summed E-state index contributed by atoms with van der Waals surface area (Å²) in [5.74, 6) is -0.913. The van der Waals surface area contributed by atoms with E-state index in [-0.39, 0.29) is 24.0 Å². The molecular weight excluding hydrogens is 294 g/mol. The number of carboxylic acids is 1. The Balaban J connectivity index is 3.90. The third-order valence-corrected chi connectivity index (χ3v) is 4.14. The molecule has 21 heavy (non-hydrogen) atoms. The number of thioether (sulfide) groups is 1. The van der Waals surface area contributed by atoms with E-state index in [4.69, 9.17) is 10.2 Å². The van der Waals surface area contributed by atoms with Crippen molar-refractivity contribution in [2.24, 2.45) is 0 Å². The van der Waals surface area contributed by atoms with Gasteiger partial charge in [0.15, 0.2) is 0 Å². The van der Waals surface area contributed by atoms with Crippen LogP contribution in [-0.2, 0) is 9.59 Å². The van der Waals surface area contributed by atoms with E-state index in [0.717, 1.165) is 32.1 Å². The molecule has 0 aromatic heterocycles. The number of aliphatic hydroxyl groups is 2. The molecule has 0 fully saturated rings. The molecule has 0 aromatic rings. The topological polar surface area (TPSA) is 107 Å².